The highest BCUT2D eigenvalue weighted by atomic mass is 16.6. The van der Waals surface area contributed by atoms with Crippen molar-refractivity contribution in [1.82, 2.24) is 0 Å². The number of nitro benzene ring substituents is 1. The van der Waals surface area contributed by atoms with Gasteiger partial charge >= 0.3 is 5.97 Å². The molecule has 1 aromatic rings. The molecule has 0 amide bonds. The van der Waals surface area contributed by atoms with E-state index >= 15 is 0 Å². The molecule has 0 aromatic heterocycles. The number of Topliss-reactive ketones (excluding diaryl/α,β-unsaturated/α-hetero) is 1. The molecule has 2 rings (SSSR count). The molecule has 0 fully saturated rings. The van der Waals surface area contributed by atoms with Gasteiger partial charge in [-0.2, -0.15) is 0 Å². The van der Waals surface area contributed by atoms with Gasteiger partial charge in [-0.3, -0.25) is 14.9 Å². The molecule has 0 saturated carbocycles. The summed E-state index contributed by atoms with van der Waals surface area (Å²) in [4.78, 5) is 35.0. The topological polar surface area (TPSA) is 95.7 Å². The average Bonchev–Trinajstić information content (AvgIpc) is 2.52. The van der Waals surface area contributed by atoms with E-state index in [9.17, 15) is 19.7 Å². The summed E-state index contributed by atoms with van der Waals surface area (Å²) in [7, 11) is 0. The number of nitro groups is 1. The van der Waals surface area contributed by atoms with E-state index < -0.39 is 22.6 Å². The largest absolute Gasteiger partial charge is 0.485 e. The number of nitrogens with zero attached hydrogens (tertiary/aromatic N) is 1. The summed E-state index contributed by atoms with van der Waals surface area (Å²) >= 11 is 0. The van der Waals surface area contributed by atoms with Gasteiger partial charge in [-0.1, -0.05) is 6.58 Å². The molecule has 1 aliphatic carbocycles. The van der Waals surface area contributed by atoms with E-state index in [4.69, 9.17) is 9.47 Å². The third-order valence-electron chi connectivity index (χ3n) is 4.01. The van der Waals surface area contributed by atoms with Crippen molar-refractivity contribution in [1.29, 1.82) is 0 Å². The van der Waals surface area contributed by atoms with Gasteiger partial charge in [-0.05, 0) is 46.6 Å². The van der Waals surface area contributed by atoms with Crippen LogP contribution in [0.15, 0.2) is 24.3 Å². The van der Waals surface area contributed by atoms with Crippen molar-refractivity contribution in [3.8, 4) is 5.75 Å². The second-order valence-electron chi connectivity index (χ2n) is 7.26. The van der Waals surface area contributed by atoms with E-state index in [2.05, 4.69) is 6.58 Å². The van der Waals surface area contributed by atoms with Gasteiger partial charge in [0, 0.05) is 18.1 Å². The van der Waals surface area contributed by atoms with Crippen LogP contribution in [0, 0.1) is 10.1 Å². The monoisotopic (exact) mass is 361 g/mol. The number of benzene rings is 1. The van der Waals surface area contributed by atoms with Crippen LogP contribution in [0.3, 0.4) is 0 Å². The highest BCUT2D eigenvalue weighted by Crippen LogP contribution is 2.36. The molecule has 7 heteroatoms. The highest BCUT2D eigenvalue weighted by Gasteiger charge is 2.31. The Morgan fingerprint density at radius 2 is 1.96 bits per heavy atom. The van der Waals surface area contributed by atoms with Crippen LogP contribution in [0.25, 0.3) is 0 Å². The Balaban J connectivity index is 2.28. The fourth-order valence-corrected chi connectivity index (χ4v) is 2.76. The molecule has 0 bridgehead atoms. The molecule has 0 spiro atoms. The number of carbonyl (C=O) groups is 2. The first-order valence-corrected chi connectivity index (χ1v) is 8.43. The number of ketones is 1. The zero-order chi connectivity index (χ0) is 19.6. The number of carbonyl (C=O) groups excluding carboxylic acids is 2. The second kappa shape index (κ2) is 7.27. The van der Waals surface area contributed by atoms with Crippen LogP contribution >= 0.6 is 0 Å². The lowest BCUT2D eigenvalue weighted by molar-refractivity contribution is -0.385. The third-order valence-corrected chi connectivity index (χ3v) is 4.01. The fourth-order valence-electron chi connectivity index (χ4n) is 2.76. The molecule has 1 unspecified atom stereocenters. The van der Waals surface area contributed by atoms with Crippen molar-refractivity contribution in [3.63, 3.8) is 0 Å². The van der Waals surface area contributed by atoms with Crippen molar-refractivity contribution in [2.24, 2.45) is 0 Å². The fraction of sp³-hybridized carbons (Fsp3) is 0.474. The number of hydrogen-bond donors (Lipinski definition) is 0. The summed E-state index contributed by atoms with van der Waals surface area (Å²) in [6.45, 7) is 10.6. The summed E-state index contributed by atoms with van der Waals surface area (Å²) in [5, 5.41) is 11.2. The van der Waals surface area contributed by atoms with Gasteiger partial charge in [0.1, 0.15) is 23.0 Å². The van der Waals surface area contributed by atoms with Crippen LogP contribution in [-0.2, 0) is 16.0 Å². The highest BCUT2D eigenvalue weighted by molar-refractivity contribution is 6.02. The Morgan fingerprint density at radius 1 is 1.31 bits per heavy atom. The van der Waals surface area contributed by atoms with Crippen LogP contribution < -0.4 is 4.74 Å². The van der Waals surface area contributed by atoms with Crippen molar-refractivity contribution in [3.05, 3.63) is 45.5 Å². The molecular formula is C19H23NO6. The number of hydrogen-bond acceptors (Lipinski definition) is 6. The molecule has 1 aromatic carbocycles. The first kappa shape index (κ1) is 19.6. The van der Waals surface area contributed by atoms with Crippen LogP contribution in [0.2, 0.25) is 0 Å². The quantitative estimate of drug-likeness (QED) is 0.343. The molecule has 140 valence electrons. The minimum Gasteiger partial charge on any atom is -0.485 e. The number of rotatable bonds is 5. The van der Waals surface area contributed by atoms with E-state index in [0.29, 0.717) is 24.2 Å². The zero-order valence-corrected chi connectivity index (χ0v) is 15.5. The van der Waals surface area contributed by atoms with Crippen LogP contribution in [0.1, 0.15) is 56.5 Å². The molecule has 26 heavy (non-hydrogen) atoms. The molecule has 1 atom stereocenters. The van der Waals surface area contributed by atoms with Gasteiger partial charge in [-0.25, -0.2) is 4.79 Å². The van der Waals surface area contributed by atoms with Crippen LogP contribution in [-0.4, -0.2) is 28.4 Å². The van der Waals surface area contributed by atoms with Gasteiger partial charge in [0.15, 0.2) is 5.78 Å². The Kier molecular flexibility index (Phi) is 5.49. The Hall–Kier alpha value is -2.70. The SMILES string of the molecule is C=C(C(=O)OC(C)(C)C)C(C)Oc1ccc([N+](=O)[O-])c2c1CCCC2=O. The maximum absolute atomic E-state index is 12.2. The molecule has 0 saturated heterocycles. The average molecular weight is 361 g/mol. The summed E-state index contributed by atoms with van der Waals surface area (Å²) < 4.78 is 11.1. The standard InChI is InChI=1S/C19H23NO6/c1-11(18(22)26-19(3,4)5)12(2)25-16-10-9-14(20(23)24)17-13(16)7-6-8-15(17)21/h9-10,12H,1,6-8H2,2-5H3. The van der Waals surface area contributed by atoms with Crippen LogP contribution in [0.5, 0.6) is 5.75 Å². The molecule has 0 N–H and O–H groups in total. The van der Waals surface area contributed by atoms with Gasteiger partial charge < -0.3 is 9.47 Å². The second-order valence-corrected chi connectivity index (χ2v) is 7.26. The van der Waals surface area contributed by atoms with Crippen LogP contribution in [0.4, 0.5) is 5.69 Å². The van der Waals surface area contributed by atoms with E-state index in [1.807, 2.05) is 0 Å². The maximum Gasteiger partial charge on any atom is 0.337 e. The maximum atomic E-state index is 12.2. The molecule has 0 radical (unpaired) electrons. The number of ether oxygens (including phenoxy) is 2. The molecule has 0 aliphatic heterocycles. The normalized spacial score (nSPS) is 15.0. The summed E-state index contributed by atoms with van der Waals surface area (Å²) in [5.41, 5.74) is -0.114. The van der Waals surface area contributed by atoms with E-state index in [1.165, 1.54) is 12.1 Å². The van der Waals surface area contributed by atoms with Gasteiger partial charge in [0.2, 0.25) is 0 Å². The lowest BCUT2D eigenvalue weighted by atomic mass is 9.88. The smallest absolute Gasteiger partial charge is 0.337 e. The van der Waals surface area contributed by atoms with E-state index in [1.54, 1.807) is 27.7 Å². The Bertz CT molecular complexity index is 775. The van der Waals surface area contributed by atoms with Gasteiger partial charge in [0.25, 0.3) is 5.69 Å². The molecule has 0 heterocycles. The van der Waals surface area contributed by atoms with Gasteiger partial charge in [-0.15, -0.1) is 0 Å². The predicted molar refractivity (Wildman–Crippen MR) is 95.4 cm³/mol. The minimum absolute atomic E-state index is 0.105. The molecular weight excluding hydrogens is 338 g/mol. The lowest BCUT2D eigenvalue weighted by Crippen LogP contribution is -2.29. The minimum atomic E-state index is -0.701. The number of fused-ring (bicyclic) bond motifs is 1. The third kappa shape index (κ3) is 4.28. The van der Waals surface area contributed by atoms with Crippen molar-refractivity contribution >= 4 is 17.4 Å². The van der Waals surface area contributed by atoms with Crippen molar-refractivity contribution in [2.45, 2.75) is 58.7 Å². The Labute approximate surface area is 152 Å². The van der Waals surface area contributed by atoms with Crippen molar-refractivity contribution in [2.75, 3.05) is 0 Å². The van der Waals surface area contributed by atoms with Crippen molar-refractivity contribution < 1.29 is 24.0 Å². The lowest BCUT2D eigenvalue weighted by Gasteiger charge is -2.24. The van der Waals surface area contributed by atoms with E-state index in [-0.39, 0.29) is 29.0 Å². The van der Waals surface area contributed by atoms with E-state index in [0.717, 1.165) is 0 Å². The Morgan fingerprint density at radius 3 is 2.54 bits per heavy atom. The first-order valence-electron chi connectivity index (χ1n) is 8.43. The summed E-state index contributed by atoms with van der Waals surface area (Å²) in [6, 6.07) is 2.73. The first-order chi connectivity index (χ1) is 12.0. The summed E-state index contributed by atoms with van der Waals surface area (Å²) in [5.74, 6) is -0.477. The molecule has 1 aliphatic rings. The molecule has 7 nitrogen and oxygen atoms in total. The number of esters is 1. The predicted octanol–water partition coefficient (Wildman–Crippen LogP) is 3.78. The zero-order valence-electron chi connectivity index (χ0n) is 15.5. The summed E-state index contributed by atoms with van der Waals surface area (Å²) in [6.07, 6.45) is 0.679. The van der Waals surface area contributed by atoms with Gasteiger partial charge in [0.05, 0.1) is 10.5 Å².